The van der Waals surface area contributed by atoms with Crippen LogP contribution in [0.15, 0.2) is 35.7 Å². The van der Waals surface area contributed by atoms with Gasteiger partial charge < -0.3 is 5.32 Å². The highest BCUT2D eigenvalue weighted by Gasteiger charge is 2.32. The van der Waals surface area contributed by atoms with E-state index in [1.54, 1.807) is 0 Å². The van der Waals surface area contributed by atoms with E-state index in [4.69, 9.17) is 4.98 Å². The van der Waals surface area contributed by atoms with Gasteiger partial charge in [-0.3, -0.25) is 0 Å². The third kappa shape index (κ3) is 3.35. The highest BCUT2D eigenvalue weighted by atomic mass is 32.1. The molecule has 1 N–H and O–H groups in total. The number of aromatic nitrogens is 1. The molecule has 1 fully saturated rings. The quantitative estimate of drug-likeness (QED) is 0.886. The van der Waals surface area contributed by atoms with Gasteiger partial charge in [-0.2, -0.15) is 0 Å². The van der Waals surface area contributed by atoms with Crippen molar-refractivity contribution in [2.75, 3.05) is 6.54 Å². The maximum absolute atomic E-state index is 4.85. The van der Waals surface area contributed by atoms with Crippen molar-refractivity contribution in [1.29, 1.82) is 0 Å². The second-order valence-electron chi connectivity index (χ2n) is 6.06. The van der Waals surface area contributed by atoms with E-state index in [0.29, 0.717) is 6.04 Å². The normalized spacial score (nSPS) is 25.3. The molecule has 1 aliphatic rings. The Morgan fingerprint density at radius 3 is 2.81 bits per heavy atom. The fourth-order valence-electron chi connectivity index (χ4n) is 3.46. The lowest BCUT2D eigenvalue weighted by Crippen LogP contribution is -2.32. The third-order valence-corrected chi connectivity index (χ3v) is 5.62. The van der Waals surface area contributed by atoms with Crippen molar-refractivity contribution in [2.24, 2.45) is 11.8 Å². The standard InChI is InChI=1S/C18H24N2S/c1-3-19-16-10-9-15(13(16)2)11-18-20-17(12-21-18)14-7-5-4-6-8-14/h4-8,12-13,15-16,19H,3,9-11H2,1-2H3. The van der Waals surface area contributed by atoms with Crippen LogP contribution in [0.5, 0.6) is 0 Å². The first kappa shape index (κ1) is 14.7. The monoisotopic (exact) mass is 300 g/mol. The zero-order chi connectivity index (χ0) is 14.7. The molecule has 2 nitrogen and oxygen atoms in total. The molecule has 0 amide bonds. The predicted octanol–water partition coefficient (Wildman–Crippen LogP) is 4.38. The Labute approximate surface area is 131 Å². The summed E-state index contributed by atoms with van der Waals surface area (Å²) in [6.07, 6.45) is 3.79. The van der Waals surface area contributed by atoms with Gasteiger partial charge in [0, 0.05) is 23.4 Å². The lowest BCUT2D eigenvalue weighted by molar-refractivity contribution is 0.355. The van der Waals surface area contributed by atoms with Gasteiger partial charge in [-0.25, -0.2) is 4.98 Å². The molecule has 3 unspecified atom stereocenters. The van der Waals surface area contributed by atoms with E-state index < -0.39 is 0 Å². The van der Waals surface area contributed by atoms with Gasteiger partial charge in [0.15, 0.2) is 0 Å². The molecule has 2 aromatic rings. The molecular weight excluding hydrogens is 276 g/mol. The van der Waals surface area contributed by atoms with Gasteiger partial charge in [0.25, 0.3) is 0 Å². The summed E-state index contributed by atoms with van der Waals surface area (Å²) in [7, 11) is 0. The van der Waals surface area contributed by atoms with Crippen LogP contribution in [-0.2, 0) is 6.42 Å². The lowest BCUT2D eigenvalue weighted by Gasteiger charge is -2.20. The molecular formula is C18H24N2S. The van der Waals surface area contributed by atoms with Crippen molar-refractivity contribution < 1.29 is 0 Å². The molecule has 21 heavy (non-hydrogen) atoms. The molecule has 1 aromatic carbocycles. The molecule has 1 aromatic heterocycles. The van der Waals surface area contributed by atoms with Crippen molar-refractivity contribution in [1.82, 2.24) is 10.3 Å². The highest BCUT2D eigenvalue weighted by molar-refractivity contribution is 7.09. The topological polar surface area (TPSA) is 24.9 Å². The molecule has 0 spiro atoms. The number of nitrogens with one attached hydrogen (secondary N) is 1. The van der Waals surface area contributed by atoms with Crippen molar-refractivity contribution in [3.8, 4) is 11.3 Å². The summed E-state index contributed by atoms with van der Waals surface area (Å²) in [5.74, 6) is 1.54. The third-order valence-electron chi connectivity index (χ3n) is 4.75. The second-order valence-corrected chi connectivity index (χ2v) is 7.00. The van der Waals surface area contributed by atoms with E-state index in [9.17, 15) is 0 Å². The number of nitrogens with zero attached hydrogens (tertiary/aromatic N) is 1. The minimum Gasteiger partial charge on any atom is -0.314 e. The van der Waals surface area contributed by atoms with Crippen molar-refractivity contribution >= 4 is 11.3 Å². The van der Waals surface area contributed by atoms with Gasteiger partial charge in [-0.1, -0.05) is 44.2 Å². The molecule has 3 atom stereocenters. The van der Waals surface area contributed by atoms with Crippen LogP contribution in [0.2, 0.25) is 0 Å². The number of benzene rings is 1. The Morgan fingerprint density at radius 1 is 1.24 bits per heavy atom. The Balaban J connectivity index is 1.65. The number of hydrogen-bond acceptors (Lipinski definition) is 3. The first-order valence-corrected chi connectivity index (χ1v) is 8.89. The first-order chi connectivity index (χ1) is 10.3. The van der Waals surface area contributed by atoms with E-state index in [1.165, 1.54) is 23.4 Å². The minimum atomic E-state index is 0.702. The number of thiazole rings is 1. The van der Waals surface area contributed by atoms with E-state index in [1.807, 2.05) is 11.3 Å². The summed E-state index contributed by atoms with van der Waals surface area (Å²) in [5.41, 5.74) is 2.36. The van der Waals surface area contributed by atoms with Gasteiger partial charge >= 0.3 is 0 Å². The van der Waals surface area contributed by atoms with Gasteiger partial charge in [0.05, 0.1) is 10.7 Å². The molecule has 0 bridgehead atoms. The molecule has 3 heteroatoms. The van der Waals surface area contributed by atoms with Crippen molar-refractivity contribution in [2.45, 2.75) is 39.2 Å². The molecule has 1 heterocycles. The SMILES string of the molecule is CCNC1CCC(Cc2nc(-c3ccccc3)cs2)C1C. The van der Waals surface area contributed by atoms with Gasteiger partial charge in [0.2, 0.25) is 0 Å². The molecule has 0 saturated heterocycles. The Morgan fingerprint density at radius 2 is 2.05 bits per heavy atom. The summed E-state index contributed by atoms with van der Waals surface area (Å²) >= 11 is 1.82. The zero-order valence-electron chi connectivity index (χ0n) is 12.9. The van der Waals surface area contributed by atoms with E-state index in [-0.39, 0.29) is 0 Å². The number of rotatable bonds is 5. The fraction of sp³-hybridized carbons (Fsp3) is 0.500. The molecule has 0 aliphatic heterocycles. The van der Waals surface area contributed by atoms with Crippen LogP contribution < -0.4 is 5.32 Å². The van der Waals surface area contributed by atoms with E-state index >= 15 is 0 Å². The van der Waals surface area contributed by atoms with Gasteiger partial charge in [-0.15, -0.1) is 11.3 Å². The van der Waals surface area contributed by atoms with Crippen LogP contribution in [0.4, 0.5) is 0 Å². The maximum Gasteiger partial charge on any atom is 0.0935 e. The van der Waals surface area contributed by atoms with Gasteiger partial charge in [0.1, 0.15) is 0 Å². The van der Waals surface area contributed by atoms with Crippen LogP contribution in [0.3, 0.4) is 0 Å². The van der Waals surface area contributed by atoms with Crippen LogP contribution in [0, 0.1) is 11.8 Å². The van der Waals surface area contributed by atoms with E-state index in [2.05, 4.69) is 54.9 Å². The van der Waals surface area contributed by atoms with E-state index in [0.717, 1.165) is 30.5 Å². The largest absolute Gasteiger partial charge is 0.314 e. The lowest BCUT2D eigenvalue weighted by atomic mass is 9.93. The van der Waals surface area contributed by atoms with Crippen LogP contribution >= 0.6 is 11.3 Å². The minimum absolute atomic E-state index is 0.702. The highest BCUT2D eigenvalue weighted by Crippen LogP contribution is 2.35. The van der Waals surface area contributed by atoms with Crippen LogP contribution in [-0.4, -0.2) is 17.6 Å². The Hall–Kier alpha value is -1.19. The summed E-state index contributed by atoms with van der Waals surface area (Å²) < 4.78 is 0. The molecule has 0 radical (unpaired) electrons. The fourth-order valence-corrected chi connectivity index (χ4v) is 4.35. The smallest absolute Gasteiger partial charge is 0.0935 e. The average Bonchev–Trinajstić information content (AvgIpc) is 3.11. The van der Waals surface area contributed by atoms with Crippen LogP contribution in [0.25, 0.3) is 11.3 Å². The Bertz CT molecular complexity index is 564. The molecule has 112 valence electrons. The zero-order valence-corrected chi connectivity index (χ0v) is 13.7. The summed E-state index contributed by atoms with van der Waals surface area (Å²) in [4.78, 5) is 4.85. The average molecular weight is 300 g/mol. The summed E-state index contributed by atoms with van der Waals surface area (Å²) in [6.45, 7) is 5.68. The van der Waals surface area contributed by atoms with Gasteiger partial charge in [-0.05, 0) is 31.2 Å². The summed E-state index contributed by atoms with van der Waals surface area (Å²) in [6, 6.07) is 11.2. The second kappa shape index (κ2) is 6.71. The predicted molar refractivity (Wildman–Crippen MR) is 90.6 cm³/mol. The number of hydrogen-bond donors (Lipinski definition) is 1. The van der Waals surface area contributed by atoms with Crippen LogP contribution in [0.1, 0.15) is 31.7 Å². The molecule has 1 saturated carbocycles. The van der Waals surface area contributed by atoms with Crippen molar-refractivity contribution in [3.63, 3.8) is 0 Å². The first-order valence-electron chi connectivity index (χ1n) is 8.01. The molecule has 3 rings (SSSR count). The van der Waals surface area contributed by atoms with Crippen molar-refractivity contribution in [3.05, 3.63) is 40.7 Å². The summed E-state index contributed by atoms with van der Waals surface area (Å²) in [5, 5.41) is 7.12. The maximum atomic E-state index is 4.85. The Kier molecular flexibility index (Phi) is 4.71. The molecule has 1 aliphatic carbocycles.